The minimum atomic E-state index is 0.334. The molecule has 1 atom stereocenters. The van der Waals surface area contributed by atoms with Gasteiger partial charge in [-0.3, -0.25) is 4.90 Å². The normalized spacial score (nSPS) is 13.2. The van der Waals surface area contributed by atoms with E-state index in [2.05, 4.69) is 30.9 Å². The average Bonchev–Trinajstić information content (AvgIpc) is 2.86. The highest BCUT2D eigenvalue weighted by Gasteiger charge is 2.19. The van der Waals surface area contributed by atoms with Crippen molar-refractivity contribution in [2.24, 2.45) is 5.73 Å². The molecule has 0 saturated heterocycles. The summed E-state index contributed by atoms with van der Waals surface area (Å²) in [7, 11) is 0. The lowest BCUT2D eigenvalue weighted by Gasteiger charge is -2.28. The van der Waals surface area contributed by atoms with Gasteiger partial charge in [0.25, 0.3) is 0 Å². The molecule has 0 fully saturated rings. The molecule has 0 radical (unpaired) electrons. The van der Waals surface area contributed by atoms with E-state index in [9.17, 15) is 0 Å². The number of nitrogens with two attached hydrogens (primary N) is 1. The predicted octanol–water partition coefficient (Wildman–Crippen LogP) is 2.67. The summed E-state index contributed by atoms with van der Waals surface area (Å²) in [6, 6.07) is 4.78. The molecule has 1 aromatic heterocycles. The highest BCUT2D eigenvalue weighted by atomic mass is 32.1. The summed E-state index contributed by atoms with van der Waals surface area (Å²) in [6.07, 6.45) is 1.10. The molecule has 104 valence electrons. The number of likely N-dealkylation sites (N-methyl/N-ethyl adjacent to an activating group) is 1. The largest absolute Gasteiger partial charge is 0.380 e. The Bertz CT molecular complexity index is 327. The fourth-order valence-electron chi connectivity index (χ4n) is 2.07. The molecule has 18 heavy (non-hydrogen) atoms. The van der Waals surface area contributed by atoms with Crippen LogP contribution in [0.15, 0.2) is 12.1 Å². The quantitative estimate of drug-likeness (QED) is 0.701. The molecule has 1 rings (SSSR count). The number of ether oxygens (including phenoxy) is 1. The first-order chi connectivity index (χ1) is 8.76. The van der Waals surface area contributed by atoms with E-state index in [1.165, 1.54) is 9.75 Å². The summed E-state index contributed by atoms with van der Waals surface area (Å²) in [5.74, 6) is 0. The molecule has 1 aromatic rings. The molecular formula is C14H26N2OS. The Labute approximate surface area is 115 Å². The summed E-state index contributed by atoms with van der Waals surface area (Å²) in [4.78, 5) is 5.22. The second kappa shape index (κ2) is 8.64. The molecule has 4 heteroatoms. The van der Waals surface area contributed by atoms with Gasteiger partial charge in [0, 0.05) is 29.5 Å². The zero-order chi connectivity index (χ0) is 13.4. The Balaban J connectivity index is 2.66. The van der Waals surface area contributed by atoms with E-state index >= 15 is 0 Å². The van der Waals surface area contributed by atoms with Crippen molar-refractivity contribution in [2.45, 2.75) is 33.2 Å². The van der Waals surface area contributed by atoms with Crippen molar-refractivity contribution in [2.75, 3.05) is 32.8 Å². The van der Waals surface area contributed by atoms with Gasteiger partial charge >= 0.3 is 0 Å². The first-order valence-electron chi connectivity index (χ1n) is 6.87. The van der Waals surface area contributed by atoms with Crippen molar-refractivity contribution in [1.82, 2.24) is 4.90 Å². The van der Waals surface area contributed by atoms with Gasteiger partial charge in [-0.25, -0.2) is 0 Å². The fraction of sp³-hybridized carbons (Fsp3) is 0.714. The number of aryl methyl sites for hydroxylation is 1. The van der Waals surface area contributed by atoms with Gasteiger partial charge in [0.15, 0.2) is 0 Å². The molecule has 0 spiro atoms. The number of thiophene rings is 1. The number of hydrogen-bond acceptors (Lipinski definition) is 4. The smallest absolute Gasteiger partial charge is 0.0593 e. The van der Waals surface area contributed by atoms with E-state index in [4.69, 9.17) is 10.5 Å². The van der Waals surface area contributed by atoms with Gasteiger partial charge in [0.1, 0.15) is 0 Å². The maximum atomic E-state index is 5.96. The van der Waals surface area contributed by atoms with Crippen LogP contribution in [0.3, 0.4) is 0 Å². The molecule has 0 aromatic carbocycles. The molecule has 0 amide bonds. The zero-order valence-electron chi connectivity index (χ0n) is 11.8. The Morgan fingerprint density at radius 1 is 1.33 bits per heavy atom. The third-order valence-electron chi connectivity index (χ3n) is 3.16. The van der Waals surface area contributed by atoms with E-state index in [0.29, 0.717) is 12.6 Å². The van der Waals surface area contributed by atoms with Crippen molar-refractivity contribution in [3.8, 4) is 0 Å². The third-order valence-corrected chi connectivity index (χ3v) is 4.49. The van der Waals surface area contributed by atoms with Crippen LogP contribution >= 0.6 is 11.3 Å². The van der Waals surface area contributed by atoms with Gasteiger partial charge in [-0.2, -0.15) is 0 Å². The maximum Gasteiger partial charge on any atom is 0.0593 e. The van der Waals surface area contributed by atoms with Crippen molar-refractivity contribution in [1.29, 1.82) is 0 Å². The van der Waals surface area contributed by atoms with Crippen LogP contribution in [-0.2, 0) is 11.2 Å². The van der Waals surface area contributed by atoms with Crippen LogP contribution in [0.4, 0.5) is 0 Å². The van der Waals surface area contributed by atoms with Gasteiger partial charge < -0.3 is 10.5 Å². The van der Waals surface area contributed by atoms with Gasteiger partial charge in [0.05, 0.1) is 12.6 Å². The Morgan fingerprint density at radius 2 is 2.11 bits per heavy atom. The highest BCUT2D eigenvalue weighted by Crippen LogP contribution is 2.27. The van der Waals surface area contributed by atoms with Crippen LogP contribution in [0, 0.1) is 0 Å². The fourth-order valence-corrected chi connectivity index (χ4v) is 3.17. The second-order valence-electron chi connectivity index (χ2n) is 4.23. The number of rotatable bonds is 9. The summed E-state index contributed by atoms with van der Waals surface area (Å²) < 4.78 is 5.44. The number of nitrogens with zero attached hydrogens (tertiary/aromatic N) is 1. The number of hydrogen-bond donors (Lipinski definition) is 1. The average molecular weight is 270 g/mol. The minimum absolute atomic E-state index is 0.334. The van der Waals surface area contributed by atoms with Crippen LogP contribution in [0.2, 0.25) is 0 Å². The van der Waals surface area contributed by atoms with E-state index in [-0.39, 0.29) is 0 Å². The standard InChI is InChI=1S/C14H26N2OS/c1-4-12-7-8-14(18-12)13(11-15)16(5-2)9-10-17-6-3/h7-8,13H,4-6,9-11,15H2,1-3H3. The first-order valence-corrected chi connectivity index (χ1v) is 7.68. The minimum Gasteiger partial charge on any atom is -0.380 e. The van der Waals surface area contributed by atoms with Gasteiger partial charge in [-0.15, -0.1) is 11.3 Å². The molecule has 1 unspecified atom stereocenters. The monoisotopic (exact) mass is 270 g/mol. The van der Waals surface area contributed by atoms with Crippen LogP contribution in [0.25, 0.3) is 0 Å². The summed E-state index contributed by atoms with van der Waals surface area (Å²) in [5, 5.41) is 0. The summed E-state index contributed by atoms with van der Waals surface area (Å²) in [5.41, 5.74) is 5.96. The van der Waals surface area contributed by atoms with Crippen LogP contribution in [0.1, 0.15) is 36.6 Å². The lowest BCUT2D eigenvalue weighted by atomic mass is 10.2. The molecule has 0 bridgehead atoms. The Morgan fingerprint density at radius 3 is 2.61 bits per heavy atom. The van der Waals surface area contributed by atoms with Crippen molar-refractivity contribution in [3.63, 3.8) is 0 Å². The SMILES string of the molecule is CCOCCN(CC)C(CN)c1ccc(CC)s1. The topological polar surface area (TPSA) is 38.5 Å². The second-order valence-corrected chi connectivity index (χ2v) is 5.43. The summed E-state index contributed by atoms with van der Waals surface area (Å²) in [6.45, 7) is 10.6. The molecular weight excluding hydrogens is 244 g/mol. The Hall–Kier alpha value is -0.420. The molecule has 0 aliphatic carbocycles. The molecule has 0 saturated carbocycles. The van der Waals surface area contributed by atoms with Gasteiger partial charge in [0.2, 0.25) is 0 Å². The first kappa shape index (κ1) is 15.6. The predicted molar refractivity (Wildman–Crippen MR) is 79.2 cm³/mol. The molecule has 0 aliphatic rings. The van der Waals surface area contributed by atoms with E-state index in [1.54, 1.807) is 0 Å². The molecule has 1 heterocycles. The van der Waals surface area contributed by atoms with Crippen LogP contribution in [-0.4, -0.2) is 37.7 Å². The van der Waals surface area contributed by atoms with Crippen molar-refractivity contribution < 1.29 is 4.74 Å². The maximum absolute atomic E-state index is 5.96. The third kappa shape index (κ3) is 4.35. The molecule has 0 aliphatic heterocycles. The van der Waals surface area contributed by atoms with Crippen LogP contribution < -0.4 is 5.73 Å². The zero-order valence-corrected chi connectivity index (χ0v) is 12.6. The lowest BCUT2D eigenvalue weighted by molar-refractivity contribution is 0.0988. The van der Waals surface area contributed by atoms with E-state index < -0.39 is 0 Å². The highest BCUT2D eigenvalue weighted by molar-refractivity contribution is 7.12. The van der Waals surface area contributed by atoms with Crippen molar-refractivity contribution >= 4 is 11.3 Å². The lowest BCUT2D eigenvalue weighted by Crippen LogP contribution is -2.35. The van der Waals surface area contributed by atoms with Crippen molar-refractivity contribution in [3.05, 3.63) is 21.9 Å². The van der Waals surface area contributed by atoms with Gasteiger partial charge in [-0.05, 0) is 32.0 Å². The van der Waals surface area contributed by atoms with E-state index in [1.807, 2.05) is 18.3 Å². The van der Waals surface area contributed by atoms with Gasteiger partial charge in [-0.1, -0.05) is 13.8 Å². The van der Waals surface area contributed by atoms with E-state index in [0.717, 1.165) is 32.7 Å². The molecule has 3 nitrogen and oxygen atoms in total. The molecule has 2 N–H and O–H groups in total. The Kier molecular flexibility index (Phi) is 7.51. The van der Waals surface area contributed by atoms with Crippen LogP contribution in [0.5, 0.6) is 0 Å². The summed E-state index contributed by atoms with van der Waals surface area (Å²) >= 11 is 1.89.